The summed E-state index contributed by atoms with van der Waals surface area (Å²) in [4.78, 5) is 33.5. The van der Waals surface area contributed by atoms with Gasteiger partial charge in [-0.05, 0) is 49.1 Å². The molecule has 3 aromatic rings. The van der Waals surface area contributed by atoms with Gasteiger partial charge in [-0.15, -0.1) is 11.3 Å². The van der Waals surface area contributed by atoms with Crippen LogP contribution in [-0.2, 0) is 11.2 Å². The van der Waals surface area contributed by atoms with Gasteiger partial charge in [0.05, 0.1) is 4.88 Å². The second-order valence-corrected chi connectivity index (χ2v) is 8.26. The van der Waals surface area contributed by atoms with Crippen molar-refractivity contribution in [2.24, 2.45) is 0 Å². The molecule has 1 aliphatic rings. The van der Waals surface area contributed by atoms with E-state index in [0.29, 0.717) is 44.1 Å². The minimum absolute atomic E-state index is 0.0697. The Hall–Kier alpha value is -3.00. The van der Waals surface area contributed by atoms with Gasteiger partial charge in [-0.25, -0.2) is 0 Å². The largest absolute Gasteiger partial charge is 0.368 e. The van der Waals surface area contributed by atoms with Gasteiger partial charge >= 0.3 is 0 Å². The molecule has 8 heteroatoms. The Morgan fingerprint density at radius 2 is 1.87 bits per heavy atom. The topological polar surface area (TPSA) is 79.5 Å². The van der Waals surface area contributed by atoms with Crippen LogP contribution in [0.4, 0.5) is 5.69 Å². The second-order valence-electron chi connectivity index (χ2n) is 7.31. The van der Waals surface area contributed by atoms with E-state index >= 15 is 0 Å². The lowest BCUT2D eigenvalue weighted by Crippen LogP contribution is -2.48. The summed E-state index contributed by atoms with van der Waals surface area (Å²) in [5.74, 6) is 1.42. The van der Waals surface area contributed by atoms with Crippen LogP contribution in [0.2, 0.25) is 0 Å². The molecule has 0 bridgehead atoms. The molecule has 0 aliphatic carbocycles. The van der Waals surface area contributed by atoms with Crippen molar-refractivity contribution in [1.29, 1.82) is 0 Å². The van der Waals surface area contributed by atoms with Crippen LogP contribution in [0.3, 0.4) is 0 Å². The Kier molecular flexibility index (Phi) is 6.23. The monoisotopic (exact) mass is 424 g/mol. The van der Waals surface area contributed by atoms with Gasteiger partial charge in [-0.1, -0.05) is 11.2 Å². The maximum Gasteiger partial charge on any atom is 0.226 e. The van der Waals surface area contributed by atoms with E-state index < -0.39 is 0 Å². The number of carbonyl (C=O) groups is 2. The summed E-state index contributed by atoms with van der Waals surface area (Å²) in [6.07, 6.45) is 1.77. The van der Waals surface area contributed by atoms with Crippen molar-refractivity contribution in [3.05, 3.63) is 53.2 Å². The van der Waals surface area contributed by atoms with Gasteiger partial charge in [-0.3, -0.25) is 9.59 Å². The molecule has 0 N–H and O–H groups in total. The number of aryl methyl sites for hydroxylation is 1. The Labute approximate surface area is 179 Å². The van der Waals surface area contributed by atoms with Crippen LogP contribution in [0.25, 0.3) is 10.7 Å². The fraction of sp³-hybridized carbons (Fsp3) is 0.364. The number of ketones is 1. The normalized spacial score (nSPS) is 14.2. The zero-order valence-electron chi connectivity index (χ0n) is 16.9. The first-order valence-electron chi connectivity index (χ1n) is 10.1. The smallest absolute Gasteiger partial charge is 0.226 e. The standard InChI is InChI=1S/C22H24N4O3S/c1-16(27)17-7-9-18(10-8-17)25-11-13-26(14-12-25)21(28)6-2-5-20-23-22(24-29-20)19-4-3-15-30-19/h3-4,7-10,15H,2,5-6,11-14H2,1H3. The summed E-state index contributed by atoms with van der Waals surface area (Å²) in [6, 6.07) is 11.6. The number of hydrogen-bond acceptors (Lipinski definition) is 7. The van der Waals surface area contributed by atoms with E-state index in [1.165, 1.54) is 0 Å². The highest BCUT2D eigenvalue weighted by Gasteiger charge is 2.21. The summed E-state index contributed by atoms with van der Waals surface area (Å²) >= 11 is 1.57. The Morgan fingerprint density at radius 1 is 1.10 bits per heavy atom. The molecule has 0 spiro atoms. The third-order valence-corrected chi connectivity index (χ3v) is 6.13. The first-order valence-corrected chi connectivity index (χ1v) is 11.0. The van der Waals surface area contributed by atoms with Crippen LogP contribution in [0, 0.1) is 0 Å². The van der Waals surface area contributed by atoms with E-state index in [4.69, 9.17) is 4.52 Å². The highest BCUT2D eigenvalue weighted by atomic mass is 32.1. The number of aromatic nitrogens is 2. The maximum absolute atomic E-state index is 12.5. The van der Waals surface area contributed by atoms with E-state index in [9.17, 15) is 9.59 Å². The molecule has 1 amide bonds. The van der Waals surface area contributed by atoms with Crippen LogP contribution in [-0.4, -0.2) is 52.9 Å². The number of anilines is 1. The zero-order chi connectivity index (χ0) is 20.9. The highest BCUT2D eigenvalue weighted by molar-refractivity contribution is 7.13. The van der Waals surface area contributed by atoms with Crippen molar-refractivity contribution in [3.8, 4) is 10.7 Å². The predicted molar refractivity (Wildman–Crippen MR) is 116 cm³/mol. The molecule has 1 aromatic carbocycles. The average Bonchev–Trinajstić information content (AvgIpc) is 3.46. The van der Waals surface area contributed by atoms with Gasteiger partial charge in [0.25, 0.3) is 0 Å². The van der Waals surface area contributed by atoms with Crippen molar-refractivity contribution < 1.29 is 14.1 Å². The van der Waals surface area contributed by atoms with Crippen molar-refractivity contribution >= 4 is 28.7 Å². The van der Waals surface area contributed by atoms with E-state index in [1.54, 1.807) is 18.3 Å². The number of nitrogens with zero attached hydrogens (tertiary/aromatic N) is 4. The number of thiophene rings is 1. The number of Topliss-reactive ketones (excluding diaryl/α,β-unsaturated/α-hetero) is 1. The molecule has 2 aromatic heterocycles. The molecule has 3 heterocycles. The fourth-order valence-corrected chi connectivity index (χ4v) is 4.18. The Morgan fingerprint density at radius 3 is 2.53 bits per heavy atom. The molecule has 0 radical (unpaired) electrons. The first-order chi connectivity index (χ1) is 14.6. The molecule has 1 aliphatic heterocycles. The zero-order valence-corrected chi connectivity index (χ0v) is 17.7. The molecular weight excluding hydrogens is 400 g/mol. The second kappa shape index (κ2) is 9.21. The van der Waals surface area contributed by atoms with Crippen LogP contribution in [0.5, 0.6) is 0 Å². The minimum atomic E-state index is 0.0697. The van der Waals surface area contributed by atoms with Crippen LogP contribution in [0.1, 0.15) is 36.0 Å². The molecule has 1 fully saturated rings. The number of hydrogen-bond donors (Lipinski definition) is 0. The van der Waals surface area contributed by atoms with Gasteiger partial charge in [0.2, 0.25) is 17.6 Å². The third kappa shape index (κ3) is 4.76. The minimum Gasteiger partial charge on any atom is -0.368 e. The summed E-state index contributed by atoms with van der Waals surface area (Å²) in [5.41, 5.74) is 1.81. The molecule has 156 valence electrons. The molecule has 1 saturated heterocycles. The number of piperazine rings is 1. The Bertz CT molecular complexity index is 990. The van der Waals surface area contributed by atoms with Crippen molar-refractivity contribution in [2.45, 2.75) is 26.2 Å². The van der Waals surface area contributed by atoms with Crippen LogP contribution in [0.15, 0.2) is 46.3 Å². The lowest BCUT2D eigenvalue weighted by molar-refractivity contribution is -0.131. The van der Waals surface area contributed by atoms with E-state index in [0.717, 1.165) is 29.2 Å². The van der Waals surface area contributed by atoms with Crippen molar-refractivity contribution in [2.75, 3.05) is 31.1 Å². The molecule has 4 rings (SSSR count). The lowest BCUT2D eigenvalue weighted by atomic mass is 10.1. The summed E-state index contributed by atoms with van der Waals surface area (Å²) in [7, 11) is 0. The SMILES string of the molecule is CC(=O)c1ccc(N2CCN(C(=O)CCCc3nc(-c4cccs4)no3)CC2)cc1. The van der Waals surface area contributed by atoms with Gasteiger partial charge in [0.15, 0.2) is 5.78 Å². The first kappa shape index (κ1) is 20.3. The summed E-state index contributed by atoms with van der Waals surface area (Å²) in [5, 5.41) is 5.98. The summed E-state index contributed by atoms with van der Waals surface area (Å²) in [6.45, 7) is 4.56. The van der Waals surface area contributed by atoms with Gasteiger partial charge in [-0.2, -0.15) is 4.98 Å². The van der Waals surface area contributed by atoms with Gasteiger partial charge in [0.1, 0.15) is 0 Å². The predicted octanol–water partition coefficient (Wildman–Crippen LogP) is 3.67. The molecule has 0 atom stereocenters. The number of benzene rings is 1. The fourth-order valence-electron chi connectivity index (χ4n) is 3.53. The third-order valence-electron chi connectivity index (χ3n) is 5.26. The Balaban J connectivity index is 1.21. The highest BCUT2D eigenvalue weighted by Crippen LogP contribution is 2.22. The summed E-state index contributed by atoms with van der Waals surface area (Å²) < 4.78 is 5.29. The molecule has 0 unspecified atom stereocenters. The number of rotatable bonds is 7. The van der Waals surface area contributed by atoms with Crippen molar-refractivity contribution in [3.63, 3.8) is 0 Å². The number of carbonyl (C=O) groups excluding carboxylic acids is 2. The van der Waals surface area contributed by atoms with E-state index in [2.05, 4.69) is 15.0 Å². The molecule has 7 nitrogen and oxygen atoms in total. The average molecular weight is 425 g/mol. The molecule has 0 saturated carbocycles. The van der Waals surface area contributed by atoms with Crippen LogP contribution >= 0.6 is 11.3 Å². The van der Waals surface area contributed by atoms with E-state index in [-0.39, 0.29) is 11.7 Å². The maximum atomic E-state index is 12.5. The molecular formula is C22H24N4O3S. The molecule has 30 heavy (non-hydrogen) atoms. The quantitative estimate of drug-likeness (QED) is 0.539. The van der Waals surface area contributed by atoms with E-state index in [1.807, 2.05) is 46.7 Å². The number of amides is 1. The van der Waals surface area contributed by atoms with Crippen molar-refractivity contribution in [1.82, 2.24) is 15.0 Å². The van der Waals surface area contributed by atoms with Crippen LogP contribution < -0.4 is 4.90 Å². The van der Waals surface area contributed by atoms with Gasteiger partial charge < -0.3 is 14.3 Å². The lowest BCUT2D eigenvalue weighted by Gasteiger charge is -2.36. The van der Waals surface area contributed by atoms with Gasteiger partial charge in [0, 0.05) is 50.3 Å².